The average Bonchev–Trinajstić information content (AvgIpc) is 2.40. The minimum Gasteiger partial charge on any atom is -0.398 e. The third-order valence-electron chi connectivity index (χ3n) is 3.65. The maximum absolute atomic E-state index is 5.48. The van der Waals surface area contributed by atoms with Crippen LogP contribution in [0.25, 0.3) is 0 Å². The second kappa shape index (κ2) is 11.9. The topological polar surface area (TPSA) is 18.5 Å². The number of rotatable bonds is 13. The van der Waals surface area contributed by atoms with Crippen LogP contribution in [0.15, 0.2) is 12.7 Å². The summed E-state index contributed by atoms with van der Waals surface area (Å²) in [6, 6.07) is 1.12. The van der Waals surface area contributed by atoms with Gasteiger partial charge in [-0.3, -0.25) is 0 Å². The molecule has 18 heavy (non-hydrogen) atoms. The van der Waals surface area contributed by atoms with Crippen molar-refractivity contribution in [3.63, 3.8) is 0 Å². The van der Waals surface area contributed by atoms with Crippen LogP contribution in [0.4, 0.5) is 0 Å². The summed E-state index contributed by atoms with van der Waals surface area (Å²) in [7, 11) is 1.76. The van der Waals surface area contributed by atoms with Crippen molar-refractivity contribution in [2.75, 3.05) is 14.2 Å². The van der Waals surface area contributed by atoms with Crippen molar-refractivity contribution in [1.82, 2.24) is 0 Å². The lowest BCUT2D eigenvalue weighted by Gasteiger charge is -2.22. The molecule has 0 saturated carbocycles. The van der Waals surface area contributed by atoms with E-state index in [0.29, 0.717) is 0 Å². The van der Waals surface area contributed by atoms with E-state index >= 15 is 0 Å². The van der Waals surface area contributed by atoms with Gasteiger partial charge in [-0.25, -0.2) is 0 Å². The highest BCUT2D eigenvalue weighted by molar-refractivity contribution is 6.65. The first-order valence-electron chi connectivity index (χ1n) is 7.39. The SMILES string of the molecule is C=CCCCCCCCCCC[Si](C)(OC)OC. The molecule has 0 N–H and O–H groups in total. The third kappa shape index (κ3) is 9.86. The van der Waals surface area contributed by atoms with Gasteiger partial charge in [0.15, 0.2) is 0 Å². The van der Waals surface area contributed by atoms with Crippen LogP contribution < -0.4 is 0 Å². The van der Waals surface area contributed by atoms with Crippen LogP contribution >= 0.6 is 0 Å². The van der Waals surface area contributed by atoms with Crippen molar-refractivity contribution >= 4 is 8.56 Å². The highest BCUT2D eigenvalue weighted by Gasteiger charge is 2.27. The van der Waals surface area contributed by atoms with Crippen molar-refractivity contribution in [2.24, 2.45) is 0 Å². The Kier molecular flexibility index (Phi) is 11.9. The van der Waals surface area contributed by atoms with Gasteiger partial charge in [0, 0.05) is 14.2 Å². The summed E-state index contributed by atoms with van der Waals surface area (Å²) in [5, 5.41) is 0. The van der Waals surface area contributed by atoms with Crippen LogP contribution in [0.1, 0.15) is 57.8 Å². The van der Waals surface area contributed by atoms with E-state index in [-0.39, 0.29) is 0 Å². The zero-order valence-electron chi connectivity index (χ0n) is 12.7. The molecule has 0 aliphatic carbocycles. The molecule has 0 aromatic rings. The van der Waals surface area contributed by atoms with Gasteiger partial charge in [-0.2, -0.15) is 0 Å². The first-order chi connectivity index (χ1) is 8.68. The fourth-order valence-electron chi connectivity index (χ4n) is 2.08. The molecule has 0 rings (SSSR count). The number of allylic oxidation sites excluding steroid dienone is 1. The van der Waals surface area contributed by atoms with Gasteiger partial charge >= 0.3 is 8.56 Å². The lowest BCUT2D eigenvalue weighted by atomic mass is 10.1. The molecule has 0 atom stereocenters. The lowest BCUT2D eigenvalue weighted by molar-refractivity contribution is 0.248. The van der Waals surface area contributed by atoms with Crippen molar-refractivity contribution in [3.05, 3.63) is 12.7 Å². The summed E-state index contributed by atoms with van der Waals surface area (Å²) in [6.07, 6.45) is 14.0. The summed E-state index contributed by atoms with van der Waals surface area (Å²) in [5.74, 6) is 0. The Morgan fingerprint density at radius 1 is 0.833 bits per heavy atom. The van der Waals surface area contributed by atoms with Gasteiger partial charge in [-0.15, -0.1) is 6.58 Å². The van der Waals surface area contributed by atoms with Gasteiger partial charge in [0.2, 0.25) is 0 Å². The molecule has 0 unspecified atom stereocenters. The molecule has 0 aromatic carbocycles. The maximum atomic E-state index is 5.48. The van der Waals surface area contributed by atoms with E-state index in [2.05, 4.69) is 13.1 Å². The number of unbranched alkanes of at least 4 members (excludes halogenated alkanes) is 8. The van der Waals surface area contributed by atoms with Gasteiger partial charge in [0.25, 0.3) is 0 Å². The average molecular weight is 273 g/mol. The van der Waals surface area contributed by atoms with Gasteiger partial charge in [-0.1, -0.05) is 51.0 Å². The minimum absolute atomic E-state index is 1.12. The Balaban J connectivity index is 3.23. The highest BCUT2D eigenvalue weighted by atomic mass is 28.4. The Labute approximate surface area is 115 Å². The first kappa shape index (κ1) is 17.9. The van der Waals surface area contributed by atoms with Gasteiger partial charge < -0.3 is 8.85 Å². The van der Waals surface area contributed by atoms with Gasteiger partial charge in [-0.05, 0) is 25.4 Å². The Morgan fingerprint density at radius 3 is 1.72 bits per heavy atom. The predicted octanol–water partition coefficient (Wildman–Crippen LogP) is 5.05. The second-order valence-electron chi connectivity index (χ2n) is 5.20. The van der Waals surface area contributed by atoms with E-state index in [1.807, 2.05) is 6.08 Å². The van der Waals surface area contributed by atoms with Crippen molar-refractivity contribution < 1.29 is 8.85 Å². The normalized spacial score (nSPS) is 11.7. The largest absolute Gasteiger partial charge is 0.398 e. The van der Waals surface area contributed by atoms with Gasteiger partial charge in [0.05, 0.1) is 0 Å². The van der Waals surface area contributed by atoms with Crippen LogP contribution in [0.2, 0.25) is 12.6 Å². The molecule has 0 aromatic heterocycles. The number of hydrogen-bond acceptors (Lipinski definition) is 2. The third-order valence-corrected chi connectivity index (χ3v) is 6.64. The molecule has 0 aliphatic heterocycles. The minimum atomic E-state index is -1.80. The Morgan fingerprint density at radius 2 is 1.28 bits per heavy atom. The summed E-state index contributed by atoms with van der Waals surface area (Å²) >= 11 is 0. The van der Waals surface area contributed by atoms with Crippen molar-refractivity contribution in [3.8, 4) is 0 Å². The maximum Gasteiger partial charge on any atom is 0.334 e. The van der Waals surface area contributed by atoms with E-state index < -0.39 is 8.56 Å². The molecular formula is C15H32O2Si. The number of hydrogen-bond donors (Lipinski definition) is 0. The van der Waals surface area contributed by atoms with Crippen LogP contribution in [0, 0.1) is 0 Å². The summed E-state index contributed by atoms with van der Waals surface area (Å²) in [5.41, 5.74) is 0. The fourth-order valence-corrected chi connectivity index (χ4v) is 3.55. The molecule has 0 fully saturated rings. The van der Waals surface area contributed by atoms with Crippen LogP contribution in [0.5, 0.6) is 0 Å². The van der Waals surface area contributed by atoms with Crippen molar-refractivity contribution in [2.45, 2.75) is 70.4 Å². The lowest BCUT2D eigenvalue weighted by Crippen LogP contribution is -2.35. The van der Waals surface area contributed by atoms with Crippen LogP contribution in [-0.4, -0.2) is 22.8 Å². The summed E-state index contributed by atoms with van der Waals surface area (Å²) < 4.78 is 11.0. The molecule has 2 nitrogen and oxygen atoms in total. The highest BCUT2D eigenvalue weighted by Crippen LogP contribution is 2.17. The van der Waals surface area contributed by atoms with E-state index in [4.69, 9.17) is 8.85 Å². The quantitative estimate of drug-likeness (QED) is 0.265. The molecule has 0 heterocycles. The molecule has 0 radical (unpaired) electrons. The summed E-state index contributed by atoms with van der Waals surface area (Å²) in [4.78, 5) is 0. The van der Waals surface area contributed by atoms with E-state index in [1.54, 1.807) is 14.2 Å². The molecule has 3 heteroatoms. The molecule has 0 spiro atoms. The molecule has 108 valence electrons. The van der Waals surface area contributed by atoms with E-state index in [9.17, 15) is 0 Å². The zero-order chi connectivity index (χ0) is 13.7. The zero-order valence-corrected chi connectivity index (χ0v) is 13.7. The molecule has 0 bridgehead atoms. The van der Waals surface area contributed by atoms with E-state index in [0.717, 1.165) is 6.04 Å². The monoisotopic (exact) mass is 272 g/mol. The standard InChI is InChI=1S/C15H32O2Si/c1-5-6-7-8-9-10-11-12-13-14-15-18(4,16-2)17-3/h5H,1,6-15H2,2-4H3. The van der Waals surface area contributed by atoms with Crippen LogP contribution in [0.3, 0.4) is 0 Å². The van der Waals surface area contributed by atoms with Crippen LogP contribution in [-0.2, 0) is 8.85 Å². The second-order valence-corrected chi connectivity index (χ2v) is 8.78. The summed E-state index contributed by atoms with van der Waals surface area (Å²) in [6.45, 7) is 5.89. The Hall–Kier alpha value is -0.123. The van der Waals surface area contributed by atoms with E-state index in [1.165, 1.54) is 57.8 Å². The van der Waals surface area contributed by atoms with Crippen molar-refractivity contribution in [1.29, 1.82) is 0 Å². The van der Waals surface area contributed by atoms with Gasteiger partial charge in [0.1, 0.15) is 0 Å². The fraction of sp³-hybridized carbons (Fsp3) is 0.867. The molecule has 0 aliphatic rings. The predicted molar refractivity (Wildman–Crippen MR) is 82.2 cm³/mol. The molecular weight excluding hydrogens is 240 g/mol. The Bertz CT molecular complexity index is 191. The molecule has 0 amide bonds. The smallest absolute Gasteiger partial charge is 0.334 e. The molecule has 0 saturated heterocycles. The first-order valence-corrected chi connectivity index (χ1v) is 9.92.